The number of nitrogens with zero attached hydrogens (tertiary/aromatic N) is 1. The molecule has 0 fully saturated rings. The first kappa shape index (κ1) is 15.3. The summed E-state index contributed by atoms with van der Waals surface area (Å²) < 4.78 is 5.49. The third-order valence-corrected chi connectivity index (χ3v) is 4.13. The largest absolute Gasteiger partial charge is 0.486 e. The fourth-order valence-electron chi connectivity index (χ4n) is 1.31. The number of rotatable bonds is 4. The minimum Gasteiger partial charge on any atom is -0.486 e. The minimum absolute atomic E-state index is 0.145. The zero-order valence-corrected chi connectivity index (χ0v) is 12.9. The topological polar surface area (TPSA) is 77.2 Å². The van der Waals surface area contributed by atoms with Crippen molar-refractivity contribution in [3.8, 4) is 5.75 Å². The molecule has 0 radical (unpaired) electrons. The van der Waals surface area contributed by atoms with Crippen LogP contribution in [0, 0.1) is 0 Å². The van der Waals surface area contributed by atoms with Crippen LogP contribution in [-0.4, -0.2) is 10.9 Å². The number of hydrazine groups is 1. The number of nitrogens with one attached hydrogen (secondary N) is 1. The average Bonchev–Trinajstić information content (AvgIpc) is 2.89. The summed E-state index contributed by atoms with van der Waals surface area (Å²) >= 11 is 18.8. The van der Waals surface area contributed by atoms with E-state index in [9.17, 15) is 4.79 Å². The van der Waals surface area contributed by atoms with Crippen LogP contribution >= 0.6 is 46.1 Å². The lowest BCUT2D eigenvalue weighted by Crippen LogP contribution is -2.29. The highest BCUT2D eigenvalue weighted by molar-refractivity contribution is 7.11. The van der Waals surface area contributed by atoms with Crippen molar-refractivity contribution in [3.63, 3.8) is 0 Å². The molecule has 20 heavy (non-hydrogen) atoms. The molecule has 0 saturated carbocycles. The van der Waals surface area contributed by atoms with E-state index in [-0.39, 0.29) is 11.6 Å². The maximum atomic E-state index is 11.3. The Morgan fingerprint density at radius 1 is 1.30 bits per heavy atom. The molecule has 5 nitrogen and oxygen atoms in total. The number of amides is 1. The van der Waals surface area contributed by atoms with Gasteiger partial charge >= 0.3 is 0 Å². The van der Waals surface area contributed by atoms with Crippen LogP contribution in [0.25, 0.3) is 0 Å². The summed E-state index contributed by atoms with van der Waals surface area (Å²) in [6, 6.07) is 3.02. The van der Waals surface area contributed by atoms with Gasteiger partial charge < -0.3 is 4.74 Å². The quantitative estimate of drug-likeness (QED) is 0.383. The molecule has 2 aromatic rings. The smallest absolute Gasteiger partial charge is 0.294 e. The van der Waals surface area contributed by atoms with E-state index in [1.165, 1.54) is 12.1 Å². The fourth-order valence-corrected chi connectivity index (χ4v) is 2.60. The summed E-state index contributed by atoms with van der Waals surface area (Å²) in [5.74, 6) is 4.96. The van der Waals surface area contributed by atoms with Crippen molar-refractivity contribution in [2.24, 2.45) is 5.84 Å². The molecular weight excluding hydrogens is 345 g/mol. The number of carbonyl (C=O) groups is 1. The summed E-state index contributed by atoms with van der Waals surface area (Å²) in [5.41, 5.74) is 2.59. The molecule has 0 saturated heterocycles. The Hall–Kier alpha value is -1.05. The predicted molar refractivity (Wildman–Crippen MR) is 79.6 cm³/mol. The molecule has 0 aliphatic rings. The number of nitrogens with two attached hydrogens (primary N) is 1. The van der Waals surface area contributed by atoms with Gasteiger partial charge in [0.05, 0.1) is 20.8 Å². The predicted octanol–water partition coefficient (Wildman–Crippen LogP) is 3.29. The molecule has 1 aromatic carbocycles. The highest BCUT2D eigenvalue weighted by atomic mass is 35.5. The number of nitrogen functional groups attached to an aromatic ring is 1. The lowest BCUT2D eigenvalue weighted by molar-refractivity contribution is 0.0953. The molecule has 1 amide bonds. The third-order valence-electron chi connectivity index (χ3n) is 2.23. The van der Waals surface area contributed by atoms with Crippen LogP contribution in [-0.2, 0) is 6.61 Å². The van der Waals surface area contributed by atoms with Crippen molar-refractivity contribution in [1.29, 1.82) is 0 Å². The number of benzene rings is 1. The summed E-state index contributed by atoms with van der Waals surface area (Å²) in [6.07, 6.45) is 0. The van der Waals surface area contributed by atoms with Gasteiger partial charge in [0.25, 0.3) is 5.91 Å². The Kier molecular flexibility index (Phi) is 5.06. The van der Waals surface area contributed by atoms with Gasteiger partial charge in [0.15, 0.2) is 5.01 Å². The summed E-state index contributed by atoms with van der Waals surface area (Å²) in [6.45, 7) is 0.145. The van der Waals surface area contributed by atoms with Crippen molar-refractivity contribution >= 4 is 52.0 Å². The number of hydrogen-bond acceptors (Lipinski definition) is 5. The average molecular weight is 353 g/mol. The number of thiazole rings is 1. The molecule has 0 aliphatic carbocycles. The van der Waals surface area contributed by atoms with E-state index in [1.807, 2.05) is 5.43 Å². The summed E-state index contributed by atoms with van der Waals surface area (Å²) in [4.78, 5) is 15.3. The maximum Gasteiger partial charge on any atom is 0.294 e. The Morgan fingerprint density at radius 2 is 2.00 bits per heavy atom. The van der Waals surface area contributed by atoms with Crippen LogP contribution in [0.15, 0.2) is 17.5 Å². The molecule has 9 heteroatoms. The Balaban J connectivity index is 2.07. The van der Waals surface area contributed by atoms with Crippen LogP contribution in [0.1, 0.15) is 15.5 Å². The van der Waals surface area contributed by atoms with Gasteiger partial charge in [0.1, 0.15) is 12.4 Å². The van der Waals surface area contributed by atoms with Crippen LogP contribution < -0.4 is 16.0 Å². The van der Waals surface area contributed by atoms with E-state index < -0.39 is 5.91 Å². The van der Waals surface area contributed by atoms with Gasteiger partial charge in [-0.1, -0.05) is 34.8 Å². The molecule has 2 rings (SSSR count). The van der Waals surface area contributed by atoms with Gasteiger partial charge in [-0.05, 0) is 6.07 Å². The van der Waals surface area contributed by atoms with Gasteiger partial charge in [-0.2, -0.15) is 0 Å². The van der Waals surface area contributed by atoms with E-state index in [0.29, 0.717) is 26.5 Å². The second-order valence-electron chi connectivity index (χ2n) is 3.60. The molecule has 1 heterocycles. The maximum absolute atomic E-state index is 11.3. The zero-order chi connectivity index (χ0) is 14.7. The van der Waals surface area contributed by atoms with Gasteiger partial charge in [0, 0.05) is 11.4 Å². The van der Waals surface area contributed by atoms with Crippen molar-refractivity contribution in [2.75, 3.05) is 0 Å². The number of carbonyl (C=O) groups excluding carboxylic acids is 1. The van der Waals surface area contributed by atoms with Crippen LogP contribution in [0.4, 0.5) is 0 Å². The second-order valence-corrected chi connectivity index (χ2v) is 5.68. The van der Waals surface area contributed by atoms with E-state index in [0.717, 1.165) is 11.3 Å². The van der Waals surface area contributed by atoms with E-state index in [2.05, 4.69) is 4.98 Å². The van der Waals surface area contributed by atoms with Crippen LogP contribution in [0.2, 0.25) is 15.1 Å². The molecule has 0 aliphatic heterocycles. The van der Waals surface area contributed by atoms with E-state index in [4.69, 9.17) is 45.4 Å². The molecule has 0 atom stereocenters. The number of ether oxygens (including phenoxy) is 1. The zero-order valence-electron chi connectivity index (χ0n) is 9.82. The molecular formula is C11H8Cl3N3O2S. The van der Waals surface area contributed by atoms with Crippen molar-refractivity contribution in [2.45, 2.75) is 6.61 Å². The Bertz CT molecular complexity index is 648. The van der Waals surface area contributed by atoms with Crippen LogP contribution in [0.5, 0.6) is 5.75 Å². The SMILES string of the molecule is NNC(=O)c1nc(COc2cc(Cl)c(Cl)cc2Cl)cs1. The monoisotopic (exact) mass is 351 g/mol. The second kappa shape index (κ2) is 6.60. The first-order valence-electron chi connectivity index (χ1n) is 5.24. The summed E-state index contributed by atoms with van der Waals surface area (Å²) in [5, 5.41) is 2.98. The van der Waals surface area contributed by atoms with Gasteiger partial charge in [-0.25, -0.2) is 10.8 Å². The standard InChI is InChI=1S/C11H8Cl3N3O2S/c12-6-1-8(14)9(2-7(6)13)19-3-5-4-20-11(16-5)10(18)17-15/h1-2,4H,3,15H2,(H,17,18). The molecule has 0 unspecified atom stereocenters. The molecule has 0 bridgehead atoms. The summed E-state index contributed by atoms with van der Waals surface area (Å²) in [7, 11) is 0. The minimum atomic E-state index is -0.450. The Labute approximate surface area is 133 Å². The van der Waals surface area contributed by atoms with Crippen molar-refractivity contribution in [1.82, 2.24) is 10.4 Å². The van der Waals surface area contributed by atoms with Crippen molar-refractivity contribution in [3.05, 3.63) is 43.3 Å². The van der Waals surface area contributed by atoms with Crippen molar-refractivity contribution < 1.29 is 9.53 Å². The Morgan fingerprint density at radius 3 is 2.70 bits per heavy atom. The first-order valence-corrected chi connectivity index (χ1v) is 7.25. The van der Waals surface area contributed by atoms with Gasteiger partial charge in [0.2, 0.25) is 0 Å². The third kappa shape index (κ3) is 3.53. The lowest BCUT2D eigenvalue weighted by Gasteiger charge is -2.07. The number of aromatic nitrogens is 1. The number of hydrogen-bond donors (Lipinski definition) is 2. The van der Waals surface area contributed by atoms with Crippen LogP contribution in [0.3, 0.4) is 0 Å². The molecule has 1 aromatic heterocycles. The number of halogens is 3. The highest BCUT2D eigenvalue weighted by Crippen LogP contribution is 2.34. The van der Waals surface area contributed by atoms with E-state index >= 15 is 0 Å². The van der Waals surface area contributed by atoms with E-state index in [1.54, 1.807) is 5.38 Å². The highest BCUT2D eigenvalue weighted by Gasteiger charge is 2.11. The molecule has 0 spiro atoms. The fraction of sp³-hybridized carbons (Fsp3) is 0.0909. The van der Waals surface area contributed by atoms with Gasteiger partial charge in [-0.15, -0.1) is 11.3 Å². The lowest BCUT2D eigenvalue weighted by atomic mass is 10.3. The first-order chi connectivity index (χ1) is 9.51. The molecule has 106 valence electrons. The van der Waals surface area contributed by atoms with Gasteiger partial charge in [-0.3, -0.25) is 10.2 Å². The normalized spacial score (nSPS) is 10.4. The molecule has 3 N–H and O–H groups in total.